The van der Waals surface area contributed by atoms with Crippen molar-refractivity contribution < 1.29 is 14.4 Å². The molecule has 24 heavy (non-hydrogen) atoms. The van der Waals surface area contributed by atoms with Crippen LogP contribution in [0.5, 0.6) is 0 Å². The molecule has 3 rings (SSSR count). The van der Waals surface area contributed by atoms with Crippen molar-refractivity contribution in [3.8, 4) is 0 Å². The van der Waals surface area contributed by atoms with Crippen LogP contribution < -0.4 is 5.73 Å². The van der Waals surface area contributed by atoms with Gasteiger partial charge in [-0.3, -0.25) is 14.4 Å². The van der Waals surface area contributed by atoms with Gasteiger partial charge in [0, 0.05) is 11.2 Å². The Morgan fingerprint density at radius 2 is 1.92 bits per heavy atom. The molecule has 2 N–H and O–H groups in total. The molecule has 0 radical (unpaired) electrons. The molecule has 1 aromatic carbocycles. The number of hydrogen-bond acceptors (Lipinski definition) is 5. The van der Waals surface area contributed by atoms with Crippen molar-refractivity contribution >= 4 is 29.2 Å². The number of carbonyl (C=O) groups is 3. The summed E-state index contributed by atoms with van der Waals surface area (Å²) in [6, 6.07) is 8.06. The van der Waals surface area contributed by atoms with Gasteiger partial charge < -0.3 is 10.6 Å². The molecule has 6 heteroatoms. The van der Waals surface area contributed by atoms with Crippen LogP contribution in [-0.2, 0) is 14.4 Å². The molecule has 1 aromatic rings. The molecule has 0 aliphatic carbocycles. The number of ketones is 2. The first-order valence-electron chi connectivity index (χ1n) is 8.07. The number of amides is 1. The molecule has 2 saturated heterocycles. The summed E-state index contributed by atoms with van der Waals surface area (Å²) in [5.41, 5.74) is 6.80. The lowest BCUT2D eigenvalue weighted by atomic mass is 9.85. The lowest BCUT2D eigenvalue weighted by Crippen LogP contribution is -2.62. The fourth-order valence-electron chi connectivity index (χ4n) is 3.74. The molecule has 2 heterocycles. The molecule has 128 valence electrons. The number of β-lactam (4-membered cyclic amide) rings is 1. The minimum atomic E-state index is -0.712. The molecule has 2 fully saturated rings. The number of hydrogen-bond donors (Lipinski definition) is 1. The molecular formula is C18H22N2O3S. The van der Waals surface area contributed by atoms with E-state index in [1.165, 1.54) is 6.92 Å². The largest absolute Gasteiger partial charge is 0.318 e. The summed E-state index contributed by atoms with van der Waals surface area (Å²) in [5, 5.41) is -0.103. The summed E-state index contributed by atoms with van der Waals surface area (Å²) in [4.78, 5) is 38.6. The van der Waals surface area contributed by atoms with Gasteiger partial charge in [0.15, 0.2) is 11.6 Å². The van der Waals surface area contributed by atoms with Crippen LogP contribution in [0.4, 0.5) is 0 Å². The summed E-state index contributed by atoms with van der Waals surface area (Å²) in [6.07, 6.45) is 0.129. The van der Waals surface area contributed by atoms with Crippen LogP contribution in [-0.4, -0.2) is 38.5 Å². The van der Waals surface area contributed by atoms with Gasteiger partial charge in [0.25, 0.3) is 0 Å². The number of nitrogens with two attached hydrogens (primary N) is 1. The maximum Gasteiger partial charge on any atom is 0.230 e. The number of Topliss-reactive ketones (excluding diaryl/α,β-unsaturated/α-hetero) is 2. The Morgan fingerprint density at radius 1 is 1.29 bits per heavy atom. The molecule has 1 unspecified atom stereocenters. The third kappa shape index (κ3) is 2.67. The second-order valence-corrected chi connectivity index (χ2v) is 8.81. The standard InChI is InChI=1S/C18H22N2O3S/c1-10(21)15-18(2,3)24-17-12(16(23)20(15)17)9-13(22)14(19)11-7-5-4-6-8-11/h4-8,12,14-15,17H,9,19H2,1-3H3/t12-,14?,15+,17-/m1/s1. The molecule has 0 saturated carbocycles. The topological polar surface area (TPSA) is 80.5 Å². The number of nitrogens with zero attached hydrogens (tertiary/aromatic N) is 1. The first-order valence-corrected chi connectivity index (χ1v) is 8.95. The minimum absolute atomic E-state index is 0.00545. The summed E-state index contributed by atoms with van der Waals surface area (Å²) >= 11 is 1.61. The zero-order chi connectivity index (χ0) is 17.6. The van der Waals surface area contributed by atoms with Crippen molar-refractivity contribution in [3.63, 3.8) is 0 Å². The lowest BCUT2D eigenvalue weighted by Gasteiger charge is -2.44. The van der Waals surface area contributed by atoms with Crippen molar-refractivity contribution in [1.29, 1.82) is 0 Å². The maximum absolute atomic E-state index is 12.5. The van der Waals surface area contributed by atoms with Crippen LogP contribution in [0.1, 0.15) is 38.8 Å². The molecule has 2 aliphatic heterocycles. The Bertz CT molecular complexity index is 689. The van der Waals surface area contributed by atoms with Gasteiger partial charge in [-0.05, 0) is 26.3 Å². The van der Waals surface area contributed by atoms with E-state index in [-0.39, 0.29) is 39.9 Å². The Balaban J connectivity index is 1.71. The van der Waals surface area contributed by atoms with E-state index >= 15 is 0 Å². The zero-order valence-electron chi connectivity index (χ0n) is 14.1. The molecule has 5 nitrogen and oxygen atoms in total. The highest BCUT2D eigenvalue weighted by molar-refractivity contribution is 8.01. The van der Waals surface area contributed by atoms with Gasteiger partial charge in [0.2, 0.25) is 5.91 Å². The highest BCUT2D eigenvalue weighted by Crippen LogP contribution is 2.54. The average molecular weight is 346 g/mol. The first-order chi connectivity index (χ1) is 11.2. The van der Waals surface area contributed by atoms with Gasteiger partial charge in [-0.15, -0.1) is 11.8 Å². The van der Waals surface area contributed by atoms with Crippen LogP contribution in [0.3, 0.4) is 0 Å². The highest BCUT2D eigenvalue weighted by Gasteiger charge is 2.62. The van der Waals surface area contributed by atoms with E-state index in [1.807, 2.05) is 44.2 Å². The maximum atomic E-state index is 12.5. The van der Waals surface area contributed by atoms with E-state index in [2.05, 4.69) is 0 Å². The van der Waals surface area contributed by atoms with Crippen LogP contribution in [0, 0.1) is 5.92 Å². The Kier molecular flexibility index (Phi) is 4.30. The van der Waals surface area contributed by atoms with Gasteiger partial charge in [-0.1, -0.05) is 30.3 Å². The van der Waals surface area contributed by atoms with Gasteiger partial charge in [0.05, 0.1) is 17.3 Å². The fraction of sp³-hybridized carbons (Fsp3) is 0.500. The third-order valence-electron chi connectivity index (χ3n) is 4.86. The Hall–Kier alpha value is -1.66. The predicted octanol–water partition coefficient (Wildman–Crippen LogP) is 1.91. The van der Waals surface area contributed by atoms with Gasteiger partial charge in [-0.2, -0.15) is 0 Å². The van der Waals surface area contributed by atoms with Crippen molar-refractivity contribution in [2.75, 3.05) is 0 Å². The molecule has 0 bridgehead atoms. The van der Waals surface area contributed by atoms with Crippen molar-refractivity contribution in [1.82, 2.24) is 4.90 Å². The number of carbonyl (C=O) groups excluding carboxylic acids is 3. The molecule has 0 aromatic heterocycles. The highest BCUT2D eigenvalue weighted by atomic mass is 32.2. The second kappa shape index (κ2) is 6.01. The Labute approximate surface area is 146 Å². The quantitative estimate of drug-likeness (QED) is 0.824. The van der Waals surface area contributed by atoms with Crippen molar-refractivity contribution in [2.24, 2.45) is 11.7 Å². The Morgan fingerprint density at radius 3 is 2.50 bits per heavy atom. The zero-order valence-corrected chi connectivity index (χ0v) is 14.9. The predicted molar refractivity (Wildman–Crippen MR) is 93.3 cm³/mol. The van der Waals surface area contributed by atoms with E-state index in [1.54, 1.807) is 16.7 Å². The monoisotopic (exact) mass is 346 g/mol. The summed E-state index contributed by atoms with van der Waals surface area (Å²) in [5.74, 6) is -0.620. The van der Waals surface area contributed by atoms with Crippen LogP contribution in [0.2, 0.25) is 0 Å². The SMILES string of the molecule is CC(=O)[C@@H]1N2C(=O)[C@@H](CC(=O)C(N)c3ccccc3)[C@H]2SC1(C)C. The number of benzene rings is 1. The van der Waals surface area contributed by atoms with Gasteiger partial charge >= 0.3 is 0 Å². The summed E-state index contributed by atoms with van der Waals surface area (Å²) in [7, 11) is 0. The van der Waals surface area contributed by atoms with Crippen molar-refractivity contribution in [2.45, 2.75) is 49.4 Å². The number of thioether (sulfide) groups is 1. The minimum Gasteiger partial charge on any atom is -0.318 e. The fourth-order valence-corrected chi connectivity index (χ4v) is 5.48. The van der Waals surface area contributed by atoms with Gasteiger partial charge in [0.1, 0.15) is 6.04 Å². The molecule has 0 spiro atoms. The number of fused-ring (bicyclic) bond motifs is 1. The molecule has 4 atom stereocenters. The van der Waals surface area contributed by atoms with E-state index in [9.17, 15) is 14.4 Å². The van der Waals surface area contributed by atoms with Crippen LogP contribution in [0.25, 0.3) is 0 Å². The van der Waals surface area contributed by atoms with Crippen LogP contribution >= 0.6 is 11.8 Å². The summed E-state index contributed by atoms with van der Waals surface area (Å²) in [6.45, 7) is 5.47. The van der Waals surface area contributed by atoms with Crippen LogP contribution in [0.15, 0.2) is 30.3 Å². The van der Waals surface area contributed by atoms with Crippen molar-refractivity contribution in [3.05, 3.63) is 35.9 Å². The lowest BCUT2D eigenvalue weighted by molar-refractivity contribution is -0.158. The molecular weight excluding hydrogens is 324 g/mol. The molecule has 2 aliphatic rings. The third-order valence-corrected chi connectivity index (χ3v) is 6.49. The number of rotatable bonds is 5. The van der Waals surface area contributed by atoms with E-state index in [0.29, 0.717) is 0 Å². The first kappa shape index (κ1) is 17.2. The molecule has 1 amide bonds. The summed E-state index contributed by atoms with van der Waals surface area (Å²) < 4.78 is -0.328. The van der Waals surface area contributed by atoms with E-state index < -0.39 is 12.1 Å². The van der Waals surface area contributed by atoms with E-state index in [0.717, 1.165) is 5.56 Å². The smallest absolute Gasteiger partial charge is 0.230 e. The normalized spacial score (nSPS) is 28.9. The average Bonchev–Trinajstić information content (AvgIpc) is 2.80. The van der Waals surface area contributed by atoms with Gasteiger partial charge in [-0.25, -0.2) is 0 Å². The second-order valence-electron chi connectivity index (χ2n) is 7.04. The van der Waals surface area contributed by atoms with E-state index in [4.69, 9.17) is 5.73 Å².